The summed E-state index contributed by atoms with van der Waals surface area (Å²) in [4.78, 5) is 21.3. The Bertz CT molecular complexity index is 976. The molecule has 25 heavy (non-hydrogen) atoms. The average molecular weight is 352 g/mol. The highest BCUT2D eigenvalue weighted by molar-refractivity contribution is 8.00. The molecule has 3 rings (SSSR count). The smallest absolute Gasteiger partial charge is 0.256 e. The van der Waals surface area contributed by atoms with E-state index in [4.69, 9.17) is 9.68 Å². The van der Waals surface area contributed by atoms with Crippen LogP contribution in [0.2, 0.25) is 0 Å². The van der Waals surface area contributed by atoms with Crippen LogP contribution in [0.25, 0.3) is 11.1 Å². The lowest BCUT2D eigenvalue weighted by atomic mass is 10.2. The number of furan rings is 1. The number of nitriles is 1. The molecule has 0 bridgehead atoms. The fraction of sp³-hybridized carbons (Fsp3) is 0.222. The maximum absolute atomic E-state index is 12.5. The number of fused-ring (bicyclic) bond motifs is 1. The van der Waals surface area contributed by atoms with Crippen molar-refractivity contribution in [3.05, 3.63) is 47.2 Å². The molecule has 7 heteroatoms. The Labute approximate surface area is 149 Å². The van der Waals surface area contributed by atoms with E-state index in [2.05, 4.69) is 21.4 Å². The van der Waals surface area contributed by atoms with Crippen molar-refractivity contribution in [2.45, 2.75) is 31.2 Å². The third kappa shape index (κ3) is 3.49. The Morgan fingerprint density at radius 1 is 1.28 bits per heavy atom. The summed E-state index contributed by atoms with van der Waals surface area (Å²) >= 11 is 1.22. The van der Waals surface area contributed by atoms with Crippen LogP contribution >= 0.6 is 11.8 Å². The SMILES string of the molecule is Cc1oc2nc(S[C@H](C)C#N)nc(NC(=O)c3ccccc3)c2c1C. The molecule has 0 unspecified atom stereocenters. The zero-order chi connectivity index (χ0) is 18.0. The Morgan fingerprint density at radius 2 is 2.00 bits per heavy atom. The van der Waals surface area contributed by atoms with Crippen LogP contribution in [0.15, 0.2) is 39.9 Å². The van der Waals surface area contributed by atoms with Crippen LogP contribution in [-0.4, -0.2) is 21.1 Å². The number of aromatic nitrogens is 2. The number of nitrogens with zero attached hydrogens (tertiary/aromatic N) is 3. The lowest BCUT2D eigenvalue weighted by molar-refractivity contribution is 0.102. The third-order valence-electron chi connectivity index (χ3n) is 3.74. The third-order valence-corrected chi connectivity index (χ3v) is 4.59. The van der Waals surface area contributed by atoms with Crippen molar-refractivity contribution in [1.82, 2.24) is 9.97 Å². The molecule has 1 amide bonds. The average Bonchev–Trinajstić information content (AvgIpc) is 2.89. The van der Waals surface area contributed by atoms with Gasteiger partial charge in [-0.25, -0.2) is 4.98 Å². The first-order valence-electron chi connectivity index (χ1n) is 7.70. The molecule has 1 N–H and O–H groups in total. The molecule has 1 atom stereocenters. The lowest BCUT2D eigenvalue weighted by Gasteiger charge is -2.08. The number of carbonyl (C=O) groups is 1. The number of carbonyl (C=O) groups excluding carboxylic acids is 1. The van der Waals surface area contributed by atoms with Gasteiger partial charge in [0, 0.05) is 11.1 Å². The lowest BCUT2D eigenvalue weighted by Crippen LogP contribution is -2.14. The Morgan fingerprint density at radius 3 is 2.68 bits per heavy atom. The van der Waals surface area contributed by atoms with Gasteiger partial charge in [0.2, 0.25) is 5.71 Å². The molecule has 0 aliphatic carbocycles. The Kier molecular flexibility index (Phi) is 4.72. The summed E-state index contributed by atoms with van der Waals surface area (Å²) in [5, 5.41) is 12.6. The van der Waals surface area contributed by atoms with Crippen molar-refractivity contribution in [1.29, 1.82) is 5.26 Å². The number of thioether (sulfide) groups is 1. The second-order valence-electron chi connectivity index (χ2n) is 5.53. The molecule has 2 heterocycles. The van der Waals surface area contributed by atoms with E-state index < -0.39 is 0 Å². The summed E-state index contributed by atoms with van der Waals surface area (Å²) in [5.41, 5.74) is 1.82. The van der Waals surface area contributed by atoms with Gasteiger partial charge < -0.3 is 9.73 Å². The molecule has 0 spiro atoms. The summed E-state index contributed by atoms with van der Waals surface area (Å²) < 4.78 is 5.68. The van der Waals surface area contributed by atoms with E-state index in [1.54, 1.807) is 31.2 Å². The van der Waals surface area contributed by atoms with Crippen molar-refractivity contribution in [3.8, 4) is 6.07 Å². The first-order chi connectivity index (χ1) is 12.0. The van der Waals surface area contributed by atoms with Crippen molar-refractivity contribution in [2.24, 2.45) is 0 Å². The molecule has 0 aliphatic heterocycles. The molecule has 0 fully saturated rings. The number of amides is 1. The molecule has 0 aliphatic rings. The minimum atomic E-state index is -0.313. The van der Waals surface area contributed by atoms with Gasteiger partial charge in [0.05, 0.1) is 16.7 Å². The van der Waals surface area contributed by atoms with Crippen LogP contribution in [0.3, 0.4) is 0 Å². The maximum Gasteiger partial charge on any atom is 0.256 e. The van der Waals surface area contributed by atoms with Crippen LogP contribution in [0.1, 0.15) is 28.6 Å². The highest BCUT2D eigenvalue weighted by atomic mass is 32.2. The molecule has 126 valence electrons. The summed E-state index contributed by atoms with van der Waals surface area (Å²) in [6, 6.07) is 11.0. The molecular weight excluding hydrogens is 336 g/mol. The van der Waals surface area contributed by atoms with Crippen molar-refractivity contribution in [2.75, 3.05) is 5.32 Å². The quantitative estimate of drug-likeness (QED) is 0.561. The topological polar surface area (TPSA) is 91.8 Å². The van der Waals surface area contributed by atoms with E-state index in [0.29, 0.717) is 27.6 Å². The van der Waals surface area contributed by atoms with Gasteiger partial charge in [-0.15, -0.1) is 0 Å². The highest BCUT2D eigenvalue weighted by Gasteiger charge is 2.19. The minimum absolute atomic E-state index is 0.261. The van der Waals surface area contributed by atoms with E-state index in [0.717, 1.165) is 11.3 Å². The monoisotopic (exact) mass is 352 g/mol. The maximum atomic E-state index is 12.5. The van der Waals surface area contributed by atoms with Crippen molar-refractivity contribution >= 4 is 34.6 Å². The fourth-order valence-electron chi connectivity index (χ4n) is 2.33. The molecule has 0 saturated carbocycles. The number of hydrogen-bond donors (Lipinski definition) is 1. The normalized spacial score (nSPS) is 11.9. The fourth-order valence-corrected chi connectivity index (χ4v) is 2.98. The second-order valence-corrected chi connectivity index (χ2v) is 6.84. The number of nitrogens with one attached hydrogen (secondary N) is 1. The van der Waals surface area contributed by atoms with E-state index in [-0.39, 0.29) is 11.2 Å². The van der Waals surface area contributed by atoms with Gasteiger partial charge in [0.1, 0.15) is 11.6 Å². The van der Waals surface area contributed by atoms with Gasteiger partial charge in [-0.1, -0.05) is 30.0 Å². The molecule has 0 radical (unpaired) electrons. The van der Waals surface area contributed by atoms with Crippen LogP contribution in [0, 0.1) is 25.2 Å². The molecule has 6 nitrogen and oxygen atoms in total. The molecule has 1 aromatic carbocycles. The predicted molar refractivity (Wildman–Crippen MR) is 96.6 cm³/mol. The van der Waals surface area contributed by atoms with Crippen LogP contribution in [0.5, 0.6) is 0 Å². The molecule has 0 saturated heterocycles. The number of benzene rings is 1. The zero-order valence-electron chi connectivity index (χ0n) is 14.0. The molecule has 2 aromatic heterocycles. The first-order valence-corrected chi connectivity index (χ1v) is 8.58. The number of hydrogen-bond acceptors (Lipinski definition) is 6. The van der Waals surface area contributed by atoms with Crippen LogP contribution < -0.4 is 5.32 Å². The highest BCUT2D eigenvalue weighted by Crippen LogP contribution is 2.32. The summed E-state index contributed by atoms with van der Waals surface area (Å²) in [6.45, 7) is 5.50. The number of anilines is 1. The van der Waals surface area contributed by atoms with Crippen molar-refractivity contribution < 1.29 is 9.21 Å². The van der Waals surface area contributed by atoms with Crippen LogP contribution in [-0.2, 0) is 0 Å². The first kappa shape index (κ1) is 17.0. The summed E-state index contributed by atoms with van der Waals surface area (Å²) in [7, 11) is 0. The van der Waals surface area contributed by atoms with E-state index in [1.165, 1.54) is 11.8 Å². The Balaban J connectivity index is 2.05. The summed E-state index contributed by atoms with van der Waals surface area (Å²) in [6.07, 6.45) is 0. The van der Waals surface area contributed by atoms with Gasteiger partial charge in [0.15, 0.2) is 5.16 Å². The van der Waals surface area contributed by atoms with E-state index >= 15 is 0 Å². The molecular formula is C18H16N4O2S. The van der Waals surface area contributed by atoms with E-state index in [9.17, 15) is 4.79 Å². The van der Waals surface area contributed by atoms with Gasteiger partial charge in [0.25, 0.3) is 5.91 Å². The molecule has 3 aromatic rings. The minimum Gasteiger partial charge on any atom is -0.443 e. The zero-order valence-corrected chi connectivity index (χ0v) is 14.8. The second kappa shape index (κ2) is 6.95. The van der Waals surface area contributed by atoms with Crippen molar-refractivity contribution in [3.63, 3.8) is 0 Å². The van der Waals surface area contributed by atoms with Gasteiger partial charge in [-0.2, -0.15) is 10.2 Å². The van der Waals surface area contributed by atoms with Crippen LogP contribution in [0.4, 0.5) is 5.82 Å². The van der Waals surface area contributed by atoms with Gasteiger partial charge >= 0.3 is 0 Å². The Hall–Kier alpha value is -2.85. The van der Waals surface area contributed by atoms with E-state index in [1.807, 2.05) is 19.9 Å². The number of rotatable bonds is 4. The van der Waals surface area contributed by atoms with Gasteiger partial charge in [-0.05, 0) is 32.9 Å². The largest absolute Gasteiger partial charge is 0.443 e. The standard InChI is InChI=1S/C18H16N4O2S/c1-10(9-19)25-18-21-15(14-11(2)12(3)24-17(14)22-18)20-16(23)13-7-5-4-6-8-13/h4-8,10H,1-3H3,(H,20,21,22,23)/t10-/m1/s1. The summed E-state index contributed by atoms with van der Waals surface area (Å²) in [5.74, 6) is 0.846. The predicted octanol–water partition coefficient (Wildman–Crippen LogP) is 4.10. The van der Waals surface area contributed by atoms with Gasteiger partial charge in [-0.3, -0.25) is 4.79 Å². The number of aryl methyl sites for hydroxylation is 2.